The molecule has 25 heavy (non-hydrogen) atoms. The lowest BCUT2D eigenvalue weighted by atomic mass is 9.73. The van der Waals surface area contributed by atoms with E-state index in [1.165, 1.54) is 5.57 Å². The van der Waals surface area contributed by atoms with Crippen molar-refractivity contribution < 1.29 is 24.5 Å². The van der Waals surface area contributed by atoms with Gasteiger partial charge in [0.05, 0.1) is 24.0 Å². The van der Waals surface area contributed by atoms with Crippen LogP contribution in [0.25, 0.3) is 0 Å². The van der Waals surface area contributed by atoms with Gasteiger partial charge in [-0.05, 0) is 38.2 Å². The molecule has 4 atom stereocenters. The number of aliphatic hydroxyl groups is 2. The molecule has 0 fully saturated rings. The Labute approximate surface area is 151 Å². The summed E-state index contributed by atoms with van der Waals surface area (Å²) in [4.78, 5) is 24.9. The van der Waals surface area contributed by atoms with Crippen molar-refractivity contribution >= 4 is 11.8 Å². The summed E-state index contributed by atoms with van der Waals surface area (Å²) < 4.78 is 5.47. The van der Waals surface area contributed by atoms with E-state index in [0.717, 1.165) is 18.4 Å². The molecule has 0 saturated heterocycles. The third-order valence-corrected chi connectivity index (χ3v) is 5.65. The van der Waals surface area contributed by atoms with E-state index in [1.54, 1.807) is 20.8 Å². The van der Waals surface area contributed by atoms with E-state index in [2.05, 4.69) is 0 Å². The molecule has 0 spiro atoms. The molecule has 0 saturated carbocycles. The number of ketones is 1. The van der Waals surface area contributed by atoms with E-state index in [4.69, 9.17) is 4.74 Å². The number of carbonyl (C=O) groups is 2. The lowest BCUT2D eigenvalue weighted by Crippen LogP contribution is -2.45. The van der Waals surface area contributed by atoms with Gasteiger partial charge in [-0.3, -0.25) is 9.59 Å². The van der Waals surface area contributed by atoms with Gasteiger partial charge in [0.25, 0.3) is 0 Å². The van der Waals surface area contributed by atoms with Crippen LogP contribution in [-0.2, 0) is 14.3 Å². The first-order chi connectivity index (χ1) is 11.4. The number of Topliss-reactive ketones (excluding diaryl/α,β-unsaturated/α-hetero) is 1. The number of hydrogen-bond acceptors (Lipinski definition) is 5. The zero-order valence-corrected chi connectivity index (χ0v) is 16.6. The van der Waals surface area contributed by atoms with Crippen molar-refractivity contribution in [2.24, 2.45) is 17.3 Å². The Kier molecular flexibility index (Phi) is 7.39. The van der Waals surface area contributed by atoms with Crippen molar-refractivity contribution in [2.75, 3.05) is 0 Å². The first-order valence-corrected chi connectivity index (χ1v) is 9.15. The van der Waals surface area contributed by atoms with Crippen LogP contribution >= 0.6 is 0 Å². The number of allylic oxidation sites excluding steroid dienone is 1. The van der Waals surface area contributed by atoms with E-state index >= 15 is 0 Å². The van der Waals surface area contributed by atoms with Gasteiger partial charge in [0.15, 0.2) is 0 Å². The summed E-state index contributed by atoms with van der Waals surface area (Å²) in [5, 5.41) is 20.6. The second-order valence-electron chi connectivity index (χ2n) is 8.31. The summed E-state index contributed by atoms with van der Waals surface area (Å²) in [6.45, 7) is 12.6. The fourth-order valence-corrected chi connectivity index (χ4v) is 3.29. The summed E-state index contributed by atoms with van der Waals surface area (Å²) >= 11 is 0. The molecule has 1 aliphatic carbocycles. The van der Waals surface area contributed by atoms with Crippen LogP contribution in [0.5, 0.6) is 0 Å². The minimum absolute atomic E-state index is 0.0581. The predicted molar refractivity (Wildman–Crippen MR) is 96.9 cm³/mol. The van der Waals surface area contributed by atoms with E-state index in [9.17, 15) is 19.8 Å². The largest absolute Gasteiger partial charge is 0.458 e. The number of carbonyl (C=O) groups excluding carboxylic acids is 2. The van der Waals surface area contributed by atoms with Crippen LogP contribution in [0.3, 0.4) is 0 Å². The minimum atomic E-state index is -1.15. The first kappa shape index (κ1) is 21.8. The van der Waals surface area contributed by atoms with Crippen molar-refractivity contribution in [1.29, 1.82) is 0 Å². The van der Waals surface area contributed by atoms with Crippen LogP contribution in [0.15, 0.2) is 11.1 Å². The summed E-state index contributed by atoms with van der Waals surface area (Å²) in [7, 11) is 0. The molecular formula is C20H34O5. The predicted octanol–water partition coefficient (Wildman–Crippen LogP) is 3.03. The van der Waals surface area contributed by atoms with Crippen LogP contribution in [0.1, 0.15) is 67.7 Å². The van der Waals surface area contributed by atoms with Crippen LogP contribution in [0.4, 0.5) is 0 Å². The molecule has 1 rings (SSSR count). The SMILES string of the molecule is CC1=C(C)[C@@H](OC(=O)C[C@H](O)C(C)(C)C(=O)[C@H](C)[C@@H](O)C(C)C)CC1. The van der Waals surface area contributed by atoms with Crippen molar-refractivity contribution in [2.45, 2.75) is 86.0 Å². The maximum absolute atomic E-state index is 12.7. The fourth-order valence-electron chi connectivity index (χ4n) is 3.29. The Morgan fingerprint density at radius 2 is 1.76 bits per heavy atom. The fraction of sp³-hybridized carbons (Fsp3) is 0.800. The van der Waals surface area contributed by atoms with Gasteiger partial charge in [0.1, 0.15) is 11.9 Å². The quantitative estimate of drug-likeness (QED) is 0.517. The summed E-state index contributed by atoms with van der Waals surface area (Å²) in [5.74, 6) is -1.41. The van der Waals surface area contributed by atoms with Gasteiger partial charge in [-0.25, -0.2) is 0 Å². The Bertz CT molecular complexity index is 532. The molecule has 2 N–H and O–H groups in total. The summed E-state index contributed by atoms with van der Waals surface area (Å²) in [5.41, 5.74) is 1.18. The first-order valence-electron chi connectivity index (χ1n) is 9.15. The Hall–Kier alpha value is -1.20. The maximum Gasteiger partial charge on any atom is 0.309 e. The highest BCUT2D eigenvalue weighted by molar-refractivity contribution is 5.87. The zero-order valence-electron chi connectivity index (χ0n) is 16.6. The normalized spacial score (nSPS) is 22.1. The van der Waals surface area contributed by atoms with Crippen LogP contribution in [0.2, 0.25) is 0 Å². The zero-order chi connectivity index (χ0) is 19.5. The highest BCUT2D eigenvalue weighted by Crippen LogP contribution is 2.32. The van der Waals surface area contributed by atoms with E-state index in [1.807, 2.05) is 27.7 Å². The standard InChI is InChI=1S/C20H34O5/c1-11(2)18(23)14(5)19(24)20(6,7)16(21)10-17(22)25-15-9-8-12(3)13(15)4/h11,14-16,18,21,23H,8-10H2,1-7H3/t14-,15+,16+,18+/m1/s1. The number of rotatable bonds is 8. The third-order valence-electron chi connectivity index (χ3n) is 5.65. The van der Waals surface area contributed by atoms with Gasteiger partial charge >= 0.3 is 5.97 Å². The van der Waals surface area contributed by atoms with Gasteiger partial charge in [0, 0.05) is 5.92 Å². The number of hydrogen-bond donors (Lipinski definition) is 2. The molecule has 5 nitrogen and oxygen atoms in total. The molecule has 1 aliphatic rings. The molecule has 0 heterocycles. The van der Waals surface area contributed by atoms with Crippen LogP contribution < -0.4 is 0 Å². The molecule has 0 radical (unpaired) electrons. The van der Waals surface area contributed by atoms with Crippen LogP contribution in [-0.4, -0.2) is 40.3 Å². The van der Waals surface area contributed by atoms with Gasteiger partial charge < -0.3 is 14.9 Å². The van der Waals surface area contributed by atoms with Crippen molar-refractivity contribution in [3.63, 3.8) is 0 Å². The number of aliphatic hydroxyl groups excluding tert-OH is 2. The average molecular weight is 354 g/mol. The monoisotopic (exact) mass is 354 g/mol. The molecule has 144 valence electrons. The Balaban J connectivity index is 2.69. The van der Waals surface area contributed by atoms with Crippen molar-refractivity contribution in [3.05, 3.63) is 11.1 Å². The molecule has 0 aromatic rings. The lowest BCUT2D eigenvalue weighted by molar-refractivity contribution is -0.154. The number of esters is 1. The molecule has 0 aliphatic heterocycles. The van der Waals surface area contributed by atoms with E-state index in [-0.39, 0.29) is 24.2 Å². The highest BCUT2D eigenvalue weighted by Gasteiger charge is 2.42. The van der Waals surface area contributed by atoms with Crippen molar-refractivity contribution in [1.82, 2.24) is 0 Å². The van der Waals surface area contributed by atoms with E-state index < -0.39 is 29.5 Å². The Morgan fingerprint density at radius 1 is 1.20 bits per heavy atom. The van der Waals surface area contributed by atoms with Crippen molar-refractivity contribution in [3.8, 4) is 0 Å². The van der Waals surface area contributed by atoms with Crippen LogP contribution in [0, 0.1) is 17.3 Å². The lowest BCUT2D eigenvalue weighted by Gasteiger charge is -2.33. The van der Waals surface area contributed by atoms with Gasteiger partial charge in [-0.2, -0.15) is 0 Å². The molecular weight excluding hydrogens is 320 g/mol. The molecule has 0 bridgehead atoms. The maximum atomic E-state index is 12.7. The molecule has 5 heteroatoms. The molecule has 0 aromatic heterocycles. The number of ether oxygens (including phenoxy) is 1. The van der Waals surface area contributed by atoms with Gasteiger partial charge in [0.2, 0.25) is 0 Å². The third kappa shape index (κ3) is 5.14. The second-order valence-corrected chi connectivity index (χ2v) is 8.31. The average Bonchev–Trinajstić information content (AvgIpc) is 2.84. The minimum Gasteiger partial charge on any atom is -0.458 e. The molecule has 0 amide bonds. The van der Waals surface area contributed by atoms with Gasteiger partial charge in [-0.1, -0.05) is 40.2 Å². The summed E-state index contributed by atoms with van der Waals surface area (Å²) in [6, 6.07) is 0. The molecule has 0 aromatic carbocycles. The molecule has 0 unspecified atom stereocenters. The topological polar surface area (TPSA) is 83.8 Å². The van der Waals surface area contributed by atoms with Gasteiger partial charge in [-0.15, -0.1) is 0 Å². The highest BCUT2D eigenvalue weighted by atomic mass is 16.5. The summed E-state index contributed by atoms with van der Waals surface area (Å²) in [6.07, 6.45) is -0.687. The van der Waals surface area contributed by atoms with E-state index in [0.29, 0.717) is 0 Å². The Morgan fingerprint density at radius 3 is 2.20 bits per heavy atom. The second kappa shape index (κ2) is 8.45. The smallest absolute Gasteiger partial charge is 0.309 e.